The molecule has 6 heteroatoms. The maximum absolute atomic E-state index is 12.0. The van der Waals surface area contributed by atoms with Gasteiger partial charge in [-0.1, -0.05) is 12.1 Å². The molecule has 1 N–H and O–H groups in total. The summed E-state index contributed by atoms with van der Waals surface area (Å²) < 4.78 is 4.80. The number of aromatic nitrogens is 2. The van der Waals surface area contributed by atoms with Gasteiger partial charge in [0.25, 0.3) is 5.91 Å². The van der Waals surface area contributed by atoms with Crippen molar-refractivity contribution in [3.63, 3.8) is 0 Å². The van der Waals surface area contributed by atoms with Crippen molar-refractivity contribution in [3.05, 3.63) is 59.7 Å². The monoisotopic (exact) mass is 311 g/mol. The molecule has 0 aliphatic carbocycles. The second-order valence-electron chi connectivity index (χ2n) is 4.70. The molecule has 6 nitrogen and oxygen atoms in total. The summed E-state index contributed by atoms with van der Waals surface area (Å²) in [5, 5.41) is 2.73. The van der Waals surface area contributed by atoms with Crippen LogP contribution in [-0.4, -0.2) is 28.5 Å². The Morgan fingerprint density at radius 2 is 1.91 bits per heavy atom. The topological polar surface area (TPSA) is 81.2 Å². The van der Waals surface area contributed by atoms with Gasteiger partial charge in [-0.05, 0) is 37.6 Å². The standard InChI is InChI=1S/C17H17N3O3/c1-3-23-16(21)9-6-13-4-7-14(8-5-13)20-17(22)15-11-18-12(2)10-19-15/h4-11H,3H2,1-2H3,(H,20,22). The van der Waals surface area contributed by atoms with Crippen molar-refractivity contribution in [1.29, 1.82) is 0 Å². The lowest BCUT2D eigenvalue weighted by Gasteiger charge is -2.05. The van der Waals surface area contributed by atoms with Gasteiger partial charge in [0.05, 0.1) is 18.5 Å². The predicted molar refractivity (Wildman–Crippen MR) is 86.8 cm³/mol. The normalized spacial score (nSPS) is 10.5. The summed E-state index contributed by atoms with van der Waals surface area (Å²) in [6, 6.07) is 7.05. The maximum Gasteiger partial charge on any atom is 0.330 e. The SMILES string of the molecule is CCOC(=O)C=Cc1ccc(NC(=O)c2cnc(C)cn2)cc1. The quantitative estimate of drug-likeness (QED) is 0.678. The van der Waals surface area contributed by atoms with Gasteiger partial charge in [-0.2, -0.15) is 0 Å². The van der Waals surface area contributed by atoms with Gasteiger partial charge >= 0.3 is 5.97 Å². The Morgan fingerprint density at radius 1 is 1.17 bits per heavy atom. The summed E-state index contributed by atoms with van der Waals surface area (Å²) in [6.07, 6.45) is 5.98. The van der Waals surface area contributed by atoms with Gasteiger partial charge in [0.1, 0.15) is 5.69 Å². The van der Waals surface area contributed by atoms with Crippen LogP contribution in [0.1, 0.15) is 28.7 Å². The molecule has 0 atom stereocenters. The average molecular weight is 311 g/mol. The van der Waals surface area contributed by atoms with E-state index < -0.39 is 0 Å². The van der Waals surface area contributed by atoms with Crippen molar-refractivity contribution < 1.29 is 14.3 Å². The zero-order valence-electron chi connectivity index (χ0n) is 12.9. The molecule has 1 amide bonds. The minimum Gasteiger partial charge on any atom is -0.463 e. The van der Waals surface area contributed by atoms with Crippen LogP contribution < -0.4 is 5.32 Å². The molecule has 0 saturated heterocycles. The smallest absolute Gasteiger partial charge is 0.330 e. The third kappa shape index (κ3) is 5.03. The maximum atomic E-state index is 12.0. The number of nitrogens with one attached hydrogen (secondary N) is 1. The molecule has 0 unspecified atom stereocenters. The number of hydrogen-bond acceptors (Lipinski definition) is 5. The van der Waals surface area contributed by atoms with Crippen LogP contribution in [0, 0.1) is 6.92 Å². The molecule has 1 aromatic heterocycles. The molecule has 23 heavy (non-hydrogen) atoms. The van der Waals surface area contributed by atoms with Crippen LogP contribution in [0.25, 0.3) is 6.08 Å². The van der Waals surface area contributed by atoms with Crippen molar-refractivity contribution in [2.45, 2.75) is 13.8 Å². The van der Waals surface area contributed by atoms with Crippen LogP contribution >= 0.6 is 0 Å². The summed E-state index contributed by atoms with van der Waals surface area (Å²) in [4.78, 5) is 31.3. The third-order valence-corrected chi connectivity index (χ3v) is 2.88. The van der Waals surface area contributed by atoms with Gasteiger partial charge in [0.15, 0.2) is 0 Å². The van der Waals surface area contributed by atoms with Crippen molar-refractivity contribution in [2.24, 2.45) is 0 Å². The van der Waals surface area contributed by atoms with E-state index in [1.165, 1.54) is 18.5 Å². The zero-order valence-corrected chi connectivity index (χ0v) is 12.9. The van der Waals surface area contributed by atoms with Gasteiger partial charge in [0, 0.05) is 18.0 Å². The van der Waals surface area contributed by atoms with Gasteiger partial charge in [-0.3, -0.25) is 9.78 Å². The van der Waals surface area contributed by atoms with Crippen LogP contribution in [0.2, 0.25) is 0 Å². The number of carbonyl (C=O) groups is 2. The van der Waals surface area contributed by atoms with Crippen LogP contribution in [-0.2, 0) is 9.53 Å². The average Bonchev–Trinajstić information content (AvgIpc) is 2.55. The van der Waals surface area contributed by atoms with Crippen LogP contribution in [0.4, 0.5) is 5.69 Å². The van der Waals surface area contributed by atoms with Gasteiger partial charge in [-0.15, -0.1) is 0 Å². The highest BCUT2D eigenvalue weighted by molar-refractivity contribution is 6.02. The number of carbonyl (C=O) groups excluding carboxylic acids is 2. The van der Waals surface area contributed by atoms with E-state index in [-0.39, 0.29) is 17.6 Å². The first-order valence-electron chi connectivity index (χ1n) is 7.13. The van der Waals surface area contributed by atoms with Gasteiger partial charge in [-0.25, -0.2) is 9.78 Å². The fraction of sp³-hybridized carbons (Fsp3) is 0.176. The molecular weight excluding hydrogens is 294 g/mol. The van der Waals surface area contributed by atoms with E-state index in [2.05, 4.69) is 15.3 Å². The van der Waals surface area contributed by atoms with E-state index in [9.17, 15) is 9.59 Å². The molecule has 0 saturated carbocycles. The Morgan fingerprint density at radius 3 is 2.52 bits per heavy atom. The zero-order chi connectivity index (χ0) is 16.7. The molecule has 0 aliphatic heterocycles. The minimum absolute atomic E-state index is 0.252. The lowest BCUT2D eigenvalue weighted by atomic mass is 10.2. The summed E-state index contributed by atoms with van der Waals surface area (Å²) >= 11 is 0. The van der Waals surface area contributed by atoms with Gasteiger partial charge in [0.2, 0.25) is 0 Å². The highest BCUT2D eigenvalue weighted by atomic mass is 16.5. The minimum atomic E-state index is -0.386. The Bertz CT molecular complexity index is 707. The van der Waals surface area contributed by atoms with E-state index in [0.717, 1.165) is 11.3 Å². The van der Waals surface area contributed by atoms with E-state index in [1.807, 2.05) is 0 Å². The number of ether oxygens (including phenoxy) is 1. The number of esters is 1. The second kappa shape index (κ2) is 7.84. The fourth-order valence-corrected chi connectivity index (χ4v) is 1.74. The first-order chi connectivity index (χ1) is 11.1. The summed E-state index contributed by atoms with van der Waals surface area (Å²) in [7, 11) is 0. The molecule has 0 radical (unpaired) electrons. The third-order valence-electron chi connectivity index (χ3n) is 2.88. The van der Waals surface area contributed by atoms with E-state index in [1.54, 1.807) is 44.2 Å². The van der Waals surface area contributed by atoms with Crippen molar-refractivity contribution >= 4 is 23.6 Å². The Hall–Kier alpha value is -3.02. The number of nitrogens with zero attached hydrogens (tertiary/aromatic N) is 2. The van der Waals surface area contributed by atoms with Crippen LogP contribution in [0.5, 0.6) is 0 Å². The molecule has 0 bridgehead atoms. The second-order valence-corrected chi connectivity index (χ2v) is 4.70. The summed E-state index contributed by atoms with van der Waals surface area (Å²) in [6.45, 7) is 3.90. The van der Waals surface area contributed by atoms with Crippen molar-refractivity contribution in [3.8, 4) is 0 Å². The van der Waals surface area contributed by atoms with E-state index >= 15 is 0 Å². The van der Waals surface area contributed by atoms with Crippen LogP contribution in [0.3, 0.4) is 0 Å². The Labute approximate surface area is 134 Å². The number of anilines is 1. The Kier molecular flexibility index (Phi) is 5.57. The molecule has 0 fully saturated rings. The van der Waals surface area contributed by atoms with Gasteiger partial charge < -0.3 is 10.1 Å². The van der Waals surface area contributed by atoms with E-state index in [4.69, 9.17) is 4.74 Å². The molecule has 1 heterocycles. The van der Waals surface area contributed by atoms with Crippen LogP contribution in [0.15, 0.2) is 42.7 Å². The molecule has 2 rings (SSSR count). The number of amides is 1. The number of aryl methyl sites for hydroxylation is 1. The molecular formula is C17H17N3O3. The first-order valence-corrected chi connectivity index (χ1v) is 7.13. The first kappa shape index (κ1) is 16.4. The van der Waals surface area contributed by atoms with Crippen molar-refractivity contribution in [2.75, 3.05) is 11.9 Å². The molecule has 0 spiro atoms. The lowest BCUT2D eigenvalue weighted by Crippen LogP contribution is -2.14. The number of hydrogen-bond donors (Lipinski definition) is 1. The Balaban J connectivity index is 1.98. The number of benzene rings is 1. The van der Waals surface area contributed by atoms with E-state index in [0.29, 0.717) is 12.3 Å². The highest BCUT2D eigenvalue weighted by Gasteiger charge is 2.07. The summed E-state index contributed by atoms with van der Waals surface area (Å²) in [5.74, 6) is -0.713. The summed E-state index contributed by atoms with van der Waals surface area (Å²) in [5.41, 5.74) is 2.46. The number of rotatable bonds is 5. The highest BCUT2D eigenvalue weighted by Crippen LogP contribution is 2.12. The lowest BCUT2D eigenvalue weighted by molar-refractivity contribution is -0.137. The van der Waals surface area contributed by atoms with Crippen molar-refractivity contribution in [1.82, 2.24) is 9.97 Å². The largest absolute Gasteiger partial charge is 0.463 e. The molecule has 2 aromatic rings. The predicted octanol–water partition coefficient (Wildman–Crippen LogP) is 2.61. The fourth-order valence-electron chi connectivity index (χ4n) is 1.74. The molecule has 0 aliphatic rings. The molecule has 118 valence electrons. The molecule has 1 aromatic carbocycles.